The summed E-state index contributed by atoms with van der Waals surface area (Å²) in [6, 6.07) is 49.7. The third kappa shape index (κ3) is 6.90. The molecule has 0 spiro atoms. The third-order valence-electron chi connectivity index (χ3n) is 12.1. The molecule has 0 aliphatic rings. The van der Waals surface area contributed by atoms with Crippen LogP contribution >= 0.6 is 0 Å². The molecule has 13 heteroatoms. The van der Waals surface area contributed by atoms with Crippen molar-refractivity contribution in [2.24, 2.45) is 0 Å². The molecule has 0 saturated heterocycles. The summed E-state index contributed by atoms with van der Waals surface area (Å²) < 4.78 is 90.3. The highest BCUT2D eigenvalue weighted by atomic mass is 19.4. The van der Waals surface area contributed by atoms with E-state index >= 15 is 0 Å². The Bertz CT molecular complexity index is 3780. The highest BCUT2D eigenvalue weighted by Crippen LogP contribution is 2.44. The Kier molecular flexibility index (Phi) is 9.85. The van der Waals surface area contributed by atoms with Gasteiger partial charge in [0.2, 0.25) is 0 Å². The monoisotopic (exact) mass is 897 g/mol. The number of benzene rings is 8. The third-order valence-corrected chi connectivity index (χ3v) is 12.1. The second-order valence-corrected chi connectivity index (χ2v) is 15.9. The average molecular weight is 898 g/mol. The summed E-state index contributed by atoms with van der Waals surface area (Å²) in [7, 11) is 0. The summed E-state index contributed by atoms with van der Waals surface area (Å²) >= 11 is 0. The minimum absolute atomic E-state index is 0.0351. The van der Waals surface area contributed by atoms with Crippen molar-refractivity contribution in [2.75, 3.05) is 0 Å². The van der Waals surface area contributed by atoms with Crippen LogP contribution in [0.25, 0.3) is 88.4 Å². The summed E-state index contributed by atoms with van der Waals surface area (Å²) in [6.45, 7) is 0. The first-order valence-electron chi connectivity index (χ1n) is 20.6. The number of alkyl halides is 6. The van der Waals surface area contributed by atoms with E-state index in [1.807, 2.05) is 36.4 Å². The lowest BCUT2D eigenvalue weighted by atomic mass is 9.96. The molecule has 0 saturated carbocycles. The number of nitrogens with zero attached hydrogens (tertiary/aromatic N) is 7. The normalized spacial score (nSPS) is 11.6. The van der Waals surface area contributed by atoms with Crippen LogP contribution in [0, 0.1) is 56.7 Å². The molecular weight excluding hydrogens is 873 g/mol. The molecule has 0 aliphatic heterocycles. The zero-order valence-electron chi connectivity index (χ0n) is 34.8. The predicted molar refractivity (Wildman–Crippen MR) is 245 cm³/mol. The molecule has 10 aromatic rings. The fourth-order valence-corrected chi connectivity index (χ4v) is 9.08. The van der Waals surface area contributed by atoms with Gasteiger partial charge >= 0.3 is 12.4 Å². The Labute approximate surface area is 382 Å². The van der Waals surface area contributed by atoms with E-state index in [0.29, 0.717) is 89.1 Å². The quantitative estimate of drug-likeness (QED) is 0.159. The topological polar surface area (TPSA) is 129 Å². The molecule has 322 valence electrons. The molecule has 10 rings (SSSR count). The van der Waals surface area contributed by atoms with Gasteiger partial charge in [0.15, 0.2) is 0 Å². The van der Waals surface area contributed by atoms with Crippen LogP contribution < -0.4 is 0 Å². The lowest BCUT2D eigenvalue weighted by Gasteiger charge is -2.20. The molecule has 0 amide bonds. The molecule has 0 aliphatic carbocycles. The van der Waals surface area contributed by atoms with Crippen LogP contribution in [0.5, 0.6) is 0 Å². The van der Waals surface area contributed by atoms with Gasteiger partial charge in [-0.05, 0) is 124 Å². The smallest absolute Gasteiger partial charge is 0.308 e. The van der Waals surface area contributed by atoms with E-state index in [0.717, 1.165) is 0 Å². The number of halogens is 6. The summed E-state index contributed by atoms with van der Waals surface area (Å²) in [4.78, 5) is 0. The molecular formula is C55H25F6N7. The first kappa shape index (κ1) is 42.3. The van der Waals surface area contributed by atoms with Crippen LogP contribution in [0.3, 0.4) is 0 Å². The maximum Gasteiger partial charge on any atom is 0.416 e. The van der Waals surface area contributed by atoms with Crippen molar-refractivity contribution in [3.63, 3.8) is 0 Å². The molecule has 0 unspecified atom stereocenters. The molecule has 2 heterocycles. The van der Waals surface area contributed by atoms with Gasteiger partial charge in [0, 0.05) is 21.5 Å². The van der Waals surface area contributed by atoms with Gasteiger partial charge in [0.05, 0.1) is 91.1 Å². The molecule has 2 aromatic heterocycles. The summed E-state index contributed by atoms with van der Waals surface area (Å²) in [5.41, 5.74) is 2.53. The van der Waals surface area contributed by atoms with E-state index in [1.54, 1.807) is 94.1 Å². The number of hydrogen-bond donors (Lipinski definition) is 0. The Morgan fingerprint density at radius 3 is 1.16 bits per heavy atom. The zero-order chi connectivity index (χ0) is 47.6. The maximum atomic E-state index is 14.5. The molecule has 68 heavy (non-hydrogen) atoms. The SMILES string of the molecule is N#Cc1ccc(-c2ccc3c(c2)c2ccccc2n3-c2cc(-c3cc(C(F)(F)F)cc(C(F)(F)F)c3)cc(-n3c4ccccc4c4cc(-c5ccc(C#N)cc5C#N)ccc43)c2C#N)c(C#N)c1. The highest BCUT2D eigenvalue weighted by Gasteiger charge is 2.37. The highest BCUT2D eigenvalue weighted by molar-refractivity contribution is 6.12. The molecule has 0 fully saturated rings. The van der Waals surface area contributed by atoms with Crippen molar-refractivity contribution in [3.05, 3.63) is 191 Å². The first-order chi connectivity index (χ1) is 32.7. The van der Waals surface area contributed by atoms with Crippen molar-refractivity contribution >= 4 is 43.6 Å². The van der Waals surface area contributed by atoms with Crippen LogP contribution in [0.15, 0.2) is 152 Å². The molecule has 8 aromatic carbocycles. The number of aromatic nitrogens is 2. The van der Waals surface area contributed by atoms with E-state index < -0.39 is 29.0 Å². The van der Waals surface area contributed by atoms with Gasteiger partial charge in [-0.1, -0.05) is 60.7 Å². The zero-order valence-corrected chi connectivity index (χ0v) is 34.8. The Hall–Kier alpha value is -9.61. The molecule has 0 radical (unpaired) electrons. The van der Waals surface area contributed by atoms with Gasteiger partial charge in [-0.15, -0.1) is 0 Å². The van der Waals surface area contributed by atoms with Gasteiger partial charge in [0.1, 0.15) is 11.6 Å². The Balaban J connectivity index is 1.31. The summed E-state index contributed by atoms with van der Waals surface area (Å²) in [5, 5.41) is 53.1. The van der Waals surface area contributed by atoms with Crippen molar-refractivity contribution in [1.29, 1.82) is 26.3 Å². The number of hydrogen-bond acceptors (Lipinski definition) is 5. The van der Waals surface area contributed by atoms with Crippen molar-refractivity contribution < 1.29 is 26.3 Å². The second kappa shape index (κ2) is 15.8. The number of fused-ring (bicyclic) bond motifs is 6. The van der Waals surface area contributed by atoms with Gasteiger partial charge in [-0.3, -0.25) is 0 Å². The summed E-state index contributed by atoms with van der Waals surface area (Å²) in [6.07, 6.45) is -10.3. The predicted octanol–water partition coefficient (Wildman–Crippen LogP) is 14.3. The standard InChI is InChI=1S/C55H25F6N7/c56-54(57,58)39-19-35(20-40(25-39)55(59,60)61)36-23-52(67-48-7-3-1-5-43(48)45-21-33(11-15-50(45)67)41-13-9-31(26-62)17-37(41)28-64)47(30-66)53(24-36)68-49-8-4-2-6-44(49)46-22-34(12-16-51(46)68)42-14-10-32(27-63)18-38(42)29-65/h1-25H. The number of rotatable bonds is 5. The lowest BCUT2D eigenvalue weighted by molar-refractivity contribution is -0.143. The van der Waals surface area contributed by atoms with Gasteiger partial charge in [-0.25, -0.2) is 0 Å². The van der Waals surface area contributed by atoms with E-state index in [4.69, 9.17) is 0 Å². The second-order valence-electron chi connectivity index (χ2n) is 15.9. The summed E-state index contributed by atoms with van der Waals surface area (Å²) in [5.74, 6) is 0. The van der Waals surface area contributed by atoms with Gasteiger partial charge in [-0.2, -0.15) is 52.7 Å². The van der Waals surface area contributed by atoms with Crippen LogP contribution in [0.2, 0.25) is 0 Å². The van der Waals surface area contributed by atoms with Crippen molar-refractivity contribution in [2.45, 2.75) is 12.4 Å². The minimum Gasteiger partial charge on any atom is -0.308 e. The van der Waals surface area contributed by atoms with Crippen LogP contribution in [0.4, 0.5) is 26.3 Å². The average Bonchev–Trinajstić information content (AvgIpc) is 3.86. The number of para-hydroxylation sites is 2. The number of nitriles is 5. The van der Waals surface area contributed by atoms with E-state index in [2.05, 4.69) is 18.2 Å². The van der Waals surface area contributed by atoms with Crippen LogP contribution in [0.1, 0.15) is 38.9 Å². The van der Waals surface area contributed by atoms with E-state index in [-0.39, 0.29) is 39.7 Å². The van der Waals surface area contributed by atoms with Gasteiger partial charge in [0.25, 0.3) is 0 Å². The van der Waals surface area contributed by atoms with Crippen LogP contribution in [-0.4, -0.2) is 9.13 Å². The Morgan fingerprint density at radius 1 is 0.353 bits per heavy atom. The van der Waals surface area contributed by atoms with Gasteiger partial charge < -0.3 is 9.13 Å². The maximum absolute atomic E-state index is 14.5. The molecule has 7 nitrogen and oxygen atoms in total. The minimum atomic E-state index is -5.15. The molecule has 0 atom stereocenters. The van der Waals surface area contributed by atoms with E-state index in [9.17, 15) is 52.7 Å². The largest absolute Gasteiger partial charge is 0.416 e. The fraction of sp³-hybridized carbons (Fsp3) is 0.0364. The Morgan fingerprint density at radius 2 is 0.765 bits per heavy atom. The first-order valence-corrected chi connectivity index (χ1v) is 20.6. The fourth-order valence-electron chi connectivity index (χ4n) is 9.08. The molecule has 0 N–H and O–H groups in total. The lowest BCUT2D eigenvalue weighted by Crippen LogP contribution is -2.11. The van der Waals surface area contributed by atoms with E-state index in [1.165, 1.54) is 24.3 Å². The van der Waals surface area contributed by atoms with Crippen molar-refractivity contribution in [3.8, 4) is 75.1 Å². The van der Waals surface area contributed by atoms with Crippen molar-refractivity contribution in [1.82, 2.24) is 9.13 Å². The van der Waals surface area contributed by atoms with Crippen LogP contribution in [-0.2, 0) is 12.4 Å². The molecule has 0 bridgehead atoms.